The molecular weight excluding hydrogens is 386 g/mol. The highest BCUT2D eigenvalue weighted by atomic mass is 16.6. The van der Waals surface area contributed by atoms with Crippen LogP contribution in [-0.2, 0) is 16.1 Å². The van der Waals surface area contributed by atoms with Crippen LogP contribution in [-0.4, -0.2) is 68.2 Å². The molecule has 9 nitrogen and oxygen atoms in total. The Morgan fingerprint density at radius 2 is 1.87 bits per heavy atom. The first kappa shape index (κ1) is 22.1. The number of amides is 3. The zero-order valence-electron chi connectivity index (χ0n) is 18.8. The number of nitrogens with one attached hydrogen (secondary N) is 1. The van der Waals surface area contributed by atoms with Crippen molar-refractivity contribution in [1.29, 1.82) is 0 Å². The second-order valence-electron chi connectivity index (χ2n) is 9.47. The lowest BCUT2D eigenvalue weighted by Crippen LogP contribution is -2.55. The summed E-state index contributed by atoms with van der Waals surface area (Å²) in [6.07, 6.45) is 2.59. The molecule has 0 bridgehead atoms. The molecule has 1 fully saturated rings. The van der Waals surface area contributed by atoms with E-state index in [4.69, 9.17) is 4.74 Å². The molecule has 3 amide bonds. The molecule has 1 atom stereocenters. The summed E-state index contributed by atoms with van der Waals surface area (Å²) in [6.45, 7) is 12.7. The molecule has 1 saturated heterocycles. The number of rotatable bonds is 4. The fraction of sp³-hybridized carbons (Fsp3) is 0.714. The van der Waals surface area contributed by atoms with Gasteiger partial charge in [-0.3, -0.25) is 9.36 Å². The monoisotopic (exact) mass is 419 g/mol. The van der Waals surface area contributed by atoms with Gasteiger partial charge in [-0.1, -0.05) is 13.8 Å². The number of alkyl carbamates (subject to hydrolysis) is 1. The van der Waals surface area contributed by atoms with Gasteiger partial charge in [-0.15, -0.1) is 0 Å². The third-order valence-corrected chi connectivity index (χ3v) is 5.60. The fourth-order valence-corrected chi connectivity index (χ4v) is 4.06. The van der Waals surface area contributed by atoms with E-state index in [1.165, 1.54) is 0 Å². The summed E-state index contributed by atoms with van der Waals surface area (Å²) in [4.78, 5) is 45.9. The highest BCUT2D eigenvalue weighted by Gasteiger charge is 2.38. The Kier molecular flexibility index (Phi) is 6.10. The lowest BCUT2D eigenvalue weighted by molar-refractivity contribution is -0.136. The van der Waals surface area contributed by atoms with Gasteiger partial charge in [-0.2, -0.15) is 0 Å². The first-order valence-electron chi connectivity index (χ1n) is 10.6. The van der Waals surface area contributed by atoms with Crippen molar-refractivity contribution in [3.8, 4) is 0 Å². The molecule has 1 N–H and O–H groups in total. The molecule has 9 heteroatoms. The second kappa shape index (κ2) is 8.28. The minimum atomic E-state index is -0.640. The van der Waals surface area contributed by atoms with Crippen LogP contribution in [0.5, 0.6) is 0 Å². The van der Waals surface area contributed by atoms with Crippen molar-refractivity contribution >= 4 is 18.0 Å². The molecular formula is C21H33N5O4. The lowest BCUT2D eigenvalue weighted by Gasteiger charge is -2.38. The Balaban J connectivity index is 1.57. The SMILES string of the molecule is Cc1ncc2n1C(=O)N(C1CCN(C(=O)[C@H](NC(=O)OC(C)(C)C)C(C)C)CC1)C2. The van der Waals surface area contributed by atoms with Gasteiger partial charge in [0.05, 0.1) is 18.4 Å². The van der Waals surface area contributed by atoms with Crippen LogP contribution < -0.4 is 5.32 Å². The molecule has 166 valence electrons. The average molecular weight is 420 g/mol. The van der Waals surface area contributed by atoms with E-state index in [0.717, 1.165) is 5.69 Å². The number of hydrogen-bond donors (Lipinski definition) is 1. The number of piperidine rings is 1. The first-order valence-corrected chi connectivity index (χ1v) is 10.6. The molecule has 0 spiro atoms. The summed E-state index contributed by atoms with van der Waals surface area (Å²) in [5.74, 6) is 0.538. The summed E-state index contributed by atoms with van der Waals surface area (Å²) < 4.78 is 6.98. The van der Waals surface area contributed by atoms with Crippen molar-refractivity contribution in [2.75, 3.05) is 13.1 Å². The number of carbonyl (C=O) groups is 3. The summed E-state index contributed by atoms with van der Waals surface area (Å²) >= 11 is 0. The maximum Gasteiger partial charge on any atom is 0.408 e. The second-order valence-corrected chi connectivity index (χ2v) is 9.47. The van der Waals surface area contributed by atoms with Crippen molar-refractivity contribution in [2.45, 2.75) is 78.6 Å². The number of imidazole rings is 1. The van der Waals surface area contributed by atoms with Crippen LogP contribution in [0.2, 0.25) is 0 Å². The third-order valence-electron chi connectivity index (χ3n) is 5.60. The molecule has 0 aromatic carbocycles. The molecule has 2 aliphatic rings. The highest BCUT2D eigenvalue weighted by molar-refractivity contribution is 5.86. The molecule has 3 rings (SSSR count). The maximum atomic E-state index is 13.1. The Bertz CT molecular complexity index is 818. The zero-order valence-corrected chi connectivity index (χ0v) is 18.8. The number of nitrogens with zero attached hydrogens (tertiary/aromatic N) is 4. The van der Waals surface area contributed by atoms with Crippen LogP contribution in [0.25, 0.3) is 0 Å². The summed E-state index contributed by atoms with van der Waals surface area (Å²) in [5.41, 5.74) is 0.291. The quantitative estimate of drug-likeness (QED) is 0.809. The van der Waals surface area contributed by atoms with Crippen LogP contribution in [0, 0.1) is 12.8 Å². The van der Waals surface area contributed by atoms with Gasteiger partial charge in [0.25, 0.3) is 0 Å². The van der Waals surface area contributed by atoms with Gasteiger partial charge < -0.3 is 19.9 Å². The predicted octanol–water partition coefficient (Wildman–Crippen LogP) is 2.52. The first-order chi connectivity index (χ1) is 14.0. The van der Waals surface area contributed by atoms with E-state index in [1.807, 2.05) is 25.7 Å². The Morgan fingerprint density at radius 1 is 1.23 bits per heavy atom. The van der Waals surface area contributed by atoms with E-state index in [0.29, 0.717) is 38.3 Å². The van der Waals surface area contributed by atoms with E-state index in [2.05, 4.69) is 10.3 Å². The fourth-order valence-electron chi connectivity index (χ4n) is 4.06. The van der Waals surface area contributed by atoms with Crippen LogP contribution >= 0.6 is 0 Å². The van der Waals surface area contributed by atoms with Gasteiger partial charge in [-0.05, 0) is 46.5 Å². The van der Waals surface area contributed by atoms with Gasteiger partial charge in [0.1, 0.15) is 17.5 Å². The van der Waals surface area contributed by atoms with Gasteiger partial charge in [-0.25, -0.2) is 14.6 Å². The minimum absolute atomic E-state index is 0.0311. The standard InChI is InChI=1S/C21H33N5O4/c1-13(2)17(23-19(28)30-21(4,5)6)18(27)24-9-7-15(8-10-24)25-12-16-11-22-14(3)26(16)20(25)29/h11,13,15,17H,7-10,12H2,1-6H3,(H,23,28)/t17-/m1/s1. The number of likely N-dealkylation sites (tertiary alicyclic amines) is 1. The Labute approximate surface area is 177 Å². The molecule has 0 aliphatic carbocycles. The summed E-state index contributed by atoms with van der Waals surface area (Å²) in [7, 11) is 0. The van der Waals surface area contributed by atoms with Crippen LogP contribution in [0.1, 0.15) is 59.0 Å². The molecule has 3 heterocycles. The largest absolute Gasteiger partial charge is 0.444 e. The van der Waals surface area contributed by atoms with Crippen molar-refractivity contribution in [1.82, 2.24) is 24.7 Å². The molecule has 0 saturated carbocycles. The molecule has 1 aromatic heterocycles. The molecule has 30 heavy (non-hydrogen) atoms. The normalized spacial score (nSPS) is 18.6. The highest BCUT2D eigenvalue weighted by Crippen LogP contribution is 2.26. The smallest absolute Gasteiger partial charge is 0.408 e. The van der Waals surface area contributed by atoms with E-state index < -0.39 is 17.7 Å². The predicted molar refractivity (Wildman–Crippen MR) is 111 cm³/mol. The van der Waals surface area contributed by atoms with Crippen molar-refractivity contribution in [2.24, 2.45) is 5.92 Å². The van der Waals surface area contributed by atoms with Crippen molar-refractivity contribution in [3.63, 3.8) is 0 Å². The number of hydrogen-bond acceptors (Lipinski definition) is 5. The van der Waals surface area contributed by atoms with Gasteiger partial charge in [0.15, 0.2) is 0 Å². The van der Waals surface area contributed by atoms with Gasteiger partial charge in [0, 0.05) is 19.1 Å². The van der Waals surface area contributed by atoms with Crippen LogP contribution in [0.15, 0.2) is 6.20 Å². The molecule has 1 aromatic rings. The van der Waals surface area contributed by atoms with Gasteiger partial charge in [0.2, 0.25) is 5.91 Å². The van der Waals surface area contributed by atoms with Crippen LogP contribution in [0.3, 0.4) is 0 Å². The topological polar surface area (TPSA) is 96.8 Å². The lowest BCUT2D eigenvalue weighted by atomic mass is 9.99. The zero-order chi connectivity index (χ0) is 22.2. The average Bonchev–Trinajstić information content (AvgIpc) is 3.18. The number of ether oxygens (including phenoxy) is 1. The molecule has 0 unspecified atom stereocenters. The van der Waals surface area contributed by atoms with E-state index in [1.54, 1.807) is 36.4 Å². The maximum absolute atomic E-state index is 13.1. The summed E-state index contributed by atoms with van der Waals surface area (Å²) in [6, 6.07) is -0.576. The molecule has 0 radical (unpaired) electrons. The van der Waals surface area contributed by atoms with Crippen molar-refractivity contribution in [3.05, 3.63) is 17.7 Å². The molecule has 2 aliphatic heterocycles. The van der Waals surface area contributed by atoms with Crippen molar-refractivity contribution < 1.29 is 19.1 Å². The van der Waals surface area contributed by atoms with E-state index in [-0.39, 0.29) is 23.9 Å². The number of carbonyl (C=O) groups excluding carboxylic acids is 3. The Hall–Kier alpha value is -2.58. The minimum Gasteiger partial charge on any atom is -0.444 e. The summed E-state index contributed by atoms with van der Waals surface area (Å²) in [5, 5.41) is 2.73. The van der Waals surface area contributed by atoms with E-state index in [9.17, 15) is 14.4 Å². The van der Waals surface area contributed by atoms with E-state index >= 15 is 0 Å². The number of aryl methyl sites for hydroxylation is 1. The third kappa shape index (κ3) is 4.60. The number of aromatic nitrogens is 2. The number of fused-ring (bicyclic) bond motifs is 1. The van der Waals surface area contributed by atoms with Gasteiger partial charge >= 0.3 is 12.1 Å². The Morgan fingerprint density at radius 3 is 2.40 bits per heavy atom. The van der Waals surface area contributed by atoms with Crippen LogP contribution in [0.4, 0.5) is 9.59 Å².